The van der Waals surface area contributed by atoms with Crippen molar-refractivity contribution in [2.24, 2.45) is 0 Å². The second kappa shape index (κ2) is 11.9. The monoisotopic (exact) mass is 478 g/mol. The van der Waals surface area contributed by atoms with Gasteiger partial charge in [0.2, 0.25) is 0 Å². The van der Waals surface area contributed by atoms with E-state index in [2.05, 4.69) is 20.9 Å². The van der Waals surface area contributed by atoms with E-state index >= 15 is 0 Å². The van der Waals surface area contributed by atoms with Crippen molar-refractivity contribution in [2.45, 2.75) is 25.7 Å². The molecule has 0 bridgehead atoms. The van der Waals surface area contributed by atoms with Crippen molar-refractivity contribution in [1.29, 1.82) is 0 Å². The first-order valence-electron chi connectivity index (χ1n) is 10.7. The summed E-state index contributed by atoms with van der Waals surface area (Å²) in [6.45, 7) is 2.92. The summed E-state index contributed by atoms with van der Waals surface area (Å²) in [7, 11) is 1.63. The van der Waals surface area contributed by atoms with Crippen LogP contribution in [0.2, 0.25) is 10.0 Å². The van der Waals surface area contributed by atoms with Crippen LogP contribution < -0.4 is 20.9 Å². The van der Waals surface area contributed by atoms with E-state index in [1.807, 2.05) is 6.07 Å². The molecule has 0 radical (unpaired) electrons. The van der Waals surface area contributed by atoms with Crippen LogP contribution in [-0.2, 0) is 4.74 Å². The average Bonchev–Trinajstić information content (AvgIpc) is 2.79. The number of methoxy groups -OCH3 is 1. The van der Waals surface area contributed by atoms with Crippen molar-refractivity contribution in [3.63, 3.8) is 0 Å². The number of amides is 3. The van der Waals surface area contributed by atoms with E-state index in [-0.39, 0.29) is 5.91 Å². The lowest BCUT2D eigenvalue weighted by Gasteiger charge is -2.30. The highest BCUT2D eigenvalue weighted by Gasteiger charge is 2.19. The van der Waals surface area contributed by atoms with Crippen LogP contribution in [0.3, 0.4) is 0 Å². The number of nitrogens with one attached hydrogen (secondary N) is 3. The zero-order valence-corrected chi connectivity index (χ0v) is 19.6. The van der Waals surface area contributed by atoms with Crippen LogP contribution >= 0.6 is 23.2 Å². The molecule has 1 heterocycles. The van der Waals surface area contributed by atoms with E-state index < -0.39 is 6.03 Å². The van der Waals surface area contributed by atoms with Crippen LogP contribution in [0.4, 0.5) is 21.9 Å². The van der Waals surface area contributed by atoms with Crippen molar-refractivity contribution in [3.8, 4) is 0 Å². The summed E-state index contributed by atoms with van der Waals surface area (Å²) >= 11 is 11.9. The Balaban J connectivity index is 1.74. The van der Waals surface area contributed by atoms with Crippen LogP contribution in [-0.4, -0.2) is 45.3 Å². The van der Waals surface area contributed by atoms with Crippen LogP contribution in [0.25, 0.3) is 0 Å². The van der Waals surface area contributed by atoms with Gasteiger partial charge in [-0.1, -0.05) is 23.2 Å². The number of carbonyl (C=O) groups excluding carboxylic acids is 2. The van der Waals surface area contributed by atoms with Crippen molar-refractivity contribution >= 4 is 52.2 Å². The molecule has 0 aromatic heterocycles. The number of hydrogen-bond acceptors (Lipinski definition) is 4. The summed E-state index contributed by atoms with van der Waals surface area (Å²) in [4.78, 5) is 27.6. The molecule has 3 rings (SSSR count). The van der Waals surface area contributed by atoms with Crippen molar-refractivity contribution in [1.82, 2.24) is 5.32 Å². The van der Waals surface area contributed by atoms with Gasteiger partial charge >= 0.3 is 6.03 Å². The number of rotatable bonds is 8. The first-order chi connectivity index (χ1) is 15.5. The number of piperidine rings is 1. The molecule has 2 aromatic rings. The van der Waals surface area contributed by atoms with Gasteiger partial charge in [0.25, 0.3) is 5.91 Å². The first kappa shape index (κ1) is 24.2. The van der Waals surface area contributed by atoms with Crippen LogP contribution in [0.5, 0.6) is 0 Å². The van der Waals surface area contributed by atoms with Gasteiger partial charge in [-0.2, -0.15) is 0 Å². The molecule has 1 fully saturated rings. The van der Waals surface area contributed by atoms with E-state index in [1.165, 1.54) is 6.42 Å². The molecule has 9 heteroatoms. The molecular weight excluding hydrogens is 451 g/mol. The van der Waals surface area contributed by atoms with Gasteiger partial charge in [0.1, 0.15) is 0 Å². The molecule has 0 atom stereocenters. The fourth-order valence-electron chi connectivity index (χ4n) is 3.59. The van der Waals surface area contributed by atoms with E-state index in [1.54, 1.807) is 37.4 Å². The Morgan fingerprint density at radius 3 is 2.34 bits per heavy atom. The highest BCUT2D eigenvalue weighted by Crippen LogP contribution is 2.28. The normalized spacial score (nSPS) is 13.5. The Morgan fingerprint density at radius 1 is 0.969 bits per heavy atom. The van der Waals surface area contributed by atoms with Gasteiger partial charge in [-0.15, -0.1) is 0 Å². The lowest BCUT2D eigenvalue weighted by atomic mass is 10.1. The van der Waals surface area contributed by atoms with Crippen LogP contribution in [0.1, 0.15) is 36.0 Å². The number of halogens is 2. The minimum Gasteiger partial charge on any atom is -0.385 e. The maximum absolute atomic E-state index is 12.9. The predicted octanol–water partition coefficient (Wildman–Crippen LogP) is 5.39. The molecule has 172 valence electrons. The van der Waals surface area contributed by atoms with Gasteiger partial charge in [-0.3, -0.25) is 4.79 Å². The fraction of sp³-hybridized carbons (Fsp3) is 0.391. The molecule has 3 amide bonds. The number of nitrogens with zero attached hydrogens (tertiary/aromatic N) is 1. The number of anilines is 3. The van der Waals surface area contributed by atoms with Gasteiger partial charge in [0, 0.05) is 50.4 Å². The molecule has 1 saturated heterocycles. The molecule has 7 nitrogen and oxygen atoms in total. The zero-order chi connectivity index (χ0) is 22.9. The summed E-state index contributed by atoms with van der Waals surface area (Å²) in [5, 5.41) is 9.20. The largest absolute Gasteiger partial charge is 0.385 e. The maximum Gasteiger partial charge on any atom is 0.323 e. The number of urea groups is 1. The van der Waals surface area contributed by atoms with Gasteiger partial charge in [-0.05, 0) is 62.1 Å². The highest BCUT2D eigenvalue weighted by atomic mass is 35.5. The second-order valence-electron chi connectivity index (χ2n) is 7.59. The van der Waals surface area contributed by atoms with E-state index in [0.717, 1.165) is 38.0 Å². The average molecular weight is 479 g/mol. The van der Waals surface area contributed by atoms with Crippen LogP contribution in [0, 0.1) is 0 Å². The Kier molecular flexibility index (Phi) is 9.02. The summed E-state index contributed by atoms with van der Waals surface area (Å²) in [6, 6.07) is 9.81. The third-order valence-corrected chi connectivity index (χ3v) is 5.92. The smallest absolute Gasteiger partial charge is 0.323 e. The lowest BCUT2D eigenvalue weighted by Crippen LogP contribution is -2.33. The zero-order valence-electron chi connectivity index (χ0n) is 18.0. The third-order valence-electron chi connectivity index (χ3n) is 5.18. The summed E-state index contributed by atoms with van der Waals surface area (Å²) < 4.78 is 5.04. The maximum atomic E-state index is 12.9. The minimum absolute atomic E-state index is 0.171. The summed E-state index contributed by atoms with van der Waals surface area (Å²) in [5.74, 6) is -0.171. The minimum atomic E-state index is -0.444. The SMILES string of the molecule is COCCCNC(=O)c1cc(NC(=O)Nc2ccc(Cl)c(Cl)c2)ccc1N1CCCCC1. The molecule has 0 unspecified atom stereocenters. The molecule has 3 N–H and O–H groups in total. The number of hydrogen-bond donors (Lipinski definition) is 3. The quantitative estimate of drug-likeness (QED) is 0.443. The highest BCUT2D eigenvalue weighted by molar-refractivity contribution is 6.42. The van der Waals surface area contributed by atoms with Gasteiger partial charge in [0.05, 0.1) is 15.6 Å². The first-order valence-corrected chi connectivity index (χ1v) is 11.4. The Hall–Kier alpha value is -2.48. The molecular formula is C23H28Cl2N4O3. The molecule has 0 aliphatic carbocycles. The number of benzene rings is 2. The standard InChI is InChI=1S/C23H28Cl2N4O3/c1-32-13-5-10-26-22(30)18-14-16(7-9-21(18)29-11-3-2-4-12-29)27-23(31)28-17-6-8-19(24)20(25)15-17/h6-9,14-15H,2-5,10-13H2,1H3,(H,26,30)(H2,27,28,31). The topological polar surface area (TPSA) is 82.7 Å². The summed E-state index contributed by atoms with van der Waals surface area (Å²) in [5.41, 5.74) is 2.45. The molecule has 0 saturated carbocycles. The molecule has 1 aliphatic heterocycles. The van der Waals surface area contributed by atoms with Crippen molar-refractivity contribution in [3.05, 3.63) is 52.0 Å². The predicted molar refractivity (Wildman–Crippen MR) is 130 cm³/mol. The molecule has 0 spiro atoms. The fourth-order valence-corrected chi connectivity index (χ4v) is 3.89. The number of ether oxygens (including phenoxy) is 1. The van der Waals surface area contributed by atoms with Crippen LogP contribution in [0.15, 0.2) is 36.4 Å². The molecule has 2 aromatic carbocycles. The molecule has 32 heavy (non-hydrogen) atoms. The molecule has 1 aliphatic rings. The second-order valence-corrected chi connectivity index (χ2v) is 8.40. The van der Waals surface area contributed by atoms with Crippen molar-refractivity contribution in [2.75, 3.05) is 48.9 Å². The Labute approximate surface area is 198 Å². The van der Waals surface area contributed by atoms with Gasteiger partial charge < -0.3 is 25.6 Å². The lowest BCUT2D eigenvalue weighted by molar-refractivity contribution is 0.0949. The Morgan fingerprint density at radius 2 is 1.66 bits per heavy atom. The number of carbonyl (C=O) groups is 2. The summed E-state index contributed by atoms with van der Waals surface area (Å²) in [6.07, 6.45) is 4.12. The van der Waals surface area contributed by atoms with Gasteiger partial charge in [0.15, 0.2) is 0 Å². The van der Waals surface area contributed by atoms with Gasteiger partial charge in [-0.25, -0.2) is 4.79 Å². The van der Waals surface area contributed by atoms with Crippen molar-refractivity contribution < 1.29 is 14.3 Å². The van der Waals surface area contributed by atoms with E-state index in [9.17, 15) is 9.59 Å². The van der Waals surface area contributed by atoms with E-state index in [4.69, 9.17) is 27.9 Å². The van der Waals surface area contributed by atoms with E-state index in [0.29, 0.717) is 40.1 Å². The Bertz CT molecular complexity index is 949. The third kappa shape index (κ3) is 6.76.